The molecule has 2 heterocycles. The molecule has 4 rings (SSSR count). The summed E-state index contributed by atoms with van der Waals surface area (Å²) in [5, 5.41) is 12.7. The molecular weight excluding hydrogens is 398 g/mol. The summed E-state index contributed by atoms with van der Waals surface area (Å²) in [6.07, 6.45) is 10.2. The van der Waals surface area contributed by atoms with E-state index in [9.17, 15) is 4.79 Å². The van der Waals surface area contributed by atoms with Crippen LogP contribution in [-0.4, -0.2) is 33.3 Å². The lowest BCUT2D eigenvalue weighted by molar-refractivity contribution is -0.125. The smallest absolute Gasteiger partial charge is 0.223 e. The maximum atomic E-state index is 12.5. The molecule has 0 atom stereocenters. The second-order valence-corrected chi connectivity index (χ2v) is 8.67. The van der Waals surface area contributed by atoms with Crippen molar-refractivity contribution in [3.63, 3.8) is 0 Å². The molecule has 1 aliphatic rings. The number of aromatic nitrogens is 3. The molecule has 0 aliphatic heterocycles. The number of nitrogens with zero attached hydrogens (tertiary/aromatic N) is 3. The van der Waals surface area contributed by atoms with Gasteiger partial charge in [-0.2, -0.15) is 5.10 Å². The third kappa shape index (κ3) is 4.75. The minimum absolute atomic E-state index is 0.0998. The number of carbonyl (C=O) groups is 1. The molecular formula is C23H28ClN5O. The van der Waals surface area contributed by atoms with Gasteiger partial charge in [-0.1, -0.05) is 11.6 Å². The van der Waals surface area contributed by atoms with Crippen molar-refractivity contribution in [2.45, 2.75) is 45.1 Å². The minimum Gasteiger partial charge on any atom is -0.382 e. The molecule has 0 spiro atoms. The van der Waals surface area contributed by atoms with E-state index in [0.29, 0.717) is 12.6 Å². The van der Waals surface area contributed by atoms with Crippen LogP contribution in [0.25, 0.3) is 10.9 Å². The summed E-state index contributed by atoms with van der Waals surface area (Å²) in [4.78, 5) is 17.0. The lowest BCUT2D eigenvalue weighted by Crippen LogP contribution is -2.36. The summed E-state index contributed by atoms with van der Waals surface area (Å²) >= 11 is 6.27. The Bertz CT molecular complexity index is 1040. The van der Waals surface area contributed by atoms with Gasteiger partial charge in [-0.05, 0) is 68.4 Å². The van der Waals surface area contributed by atoms with Gasteiger partial charge in [0, 0.05) is 54.0 Å². The van der Waals surface area contributed by atoms with Gasteiger partial charge in [0.05, 0.1) is 11.7 Å². The van der Waals surface area contributed by atoms with Crippen molar-refractivity contribution in [2.24, 2.45) is 13.0 Å². The number of benzene rings is 1. The predicted molar refractivity (Wildman–Crippen MR) is 121 cm³/mol. The van der Waals surface area contributed by atoms with Crippen LogP contribution in [0.15, 0.2) is 36.8 Å². The Morgan fingerprint density at radius 1 is 1.27 bits per heavy atom. The molecule has 3 aromatic rings. The number of fused-ring (bicyclic) bond motifs is 1. The van der Waals surface area contributed by atoms with Crippen LogP contribution in [0.4, 0.5) is 5.69 Å². The Hall–Kier alpha value is -2.60. The van der Waals surface area contributed by atoms with E-state index in [1.165, 1.54) is 0 Å². The number of aryl methyl sites for hydroxylation is 2. The quantitative estimate of drug-likeness (QED) is 0.619. The fraction of sp³-hybridized carbons (Fsp3) is 0.435. The van der Waals surface area contributed by atoms with Gasteiger partial charge in [0.1, 0.15) is 0 Å². The Labute approximate surface area is 182 Å². The lowest BCUT2D eigenvalue weighted by atomic mass is 9.85. The number of rotatable bonds is 6. The SMILES string of the molecule is Cc1cc(Cl)cc2c(NC3CCC(C(=O)NCCc4cnn(C)c4)CC3)ccnc12. The first-order valence-corrected chi connectivity index (χ1v) is 10.9. The Morgan fingerprint density at radius 3 is 2.80 bits per heavy atom. The number of hydrogen-bond donors (Lipinski definition) is 2. The summed E-state index contributed by atoms with van der Waals surface area (Å²) < 4.78 is 1.78. The molecule has 0 radical (unpaired) electrons. The van der Waals surface area contributed by atoms with Gasteiger partial charge in [0.2, 0.25) is 5.91 Å². The van der Waals surface area contributed by atoms with Gasteiger partial charge in [-0.15, -0.1) is 0 Å². The monoisotopic (exact) mass is 425 g/mol. The molecule has 6 nitrogen and oxygen atoms in total. The highest BCUT2D eigenvalue weighted by atomic mass is 35.5. The van der Waals surface area contributed by atoms with Crippen LogP contribution in [0, 0.1) is 12.8 Å². The molecule has 7 heteroatoms. The van der Waals surface area contributed by atoms with Crippen LogP contribution in [-0.2, 0) is 18.3 Å². The average molecular weight is 426 g/mol. The van der Waals surface area contributed by atoms with Crippen LogP contribution in [0.1, 0.15) is 36.8 Å². The van der Waals surface area contributed by atoms with Crippen molar-refractivity contribution in [1.82, 2.24) is 20.1 Å². The molecule has 1 aliphatic carbocycles. The molecule has 1 fully saturated rings. The average Bonchev–Trinajstić information content (AvgIpc) is 3.14. The summed E-state index contributed by atoms with van der Waals surface area (Å²) in [5.74, 6) is 0.275. The molecule has 2 N–H and O–H groups in total. The first kappa shape index (κ1) is 20.7. The number of nitrogens with one attached hydrogen (secondary N) is 2. The topological polar surface area (TPSA) is 71.8 Å². The van der Waals surface area contributed by atoms with E-state index in [-0.39, 0.29) is 11.8 Å². The maximum Gasteiger partial charge on any atom is 0.223 e. The highest BCUT2D eigenvalue weighted by molar-refractivity contribution is 6.31. The van der Waals surface area contributed by atoms with Crippen LogP contribution in [0.3, 0.4) is 0 Å². The molecule has 158 valence electrons. The molecule has 1 amide bonds. The second-order valence-electron chi connectivity index (χ2n) is 8.23. The van der Waals surface area contributed by atoms with Crippen molar-refractivity contribution in [2.75, 3.05) is 11.9 Å². The van der Waals surface area contributed by atoms with Gasteiger partial charge >= 0.3 is 0 Å². The van der Waals surface area contributed by atoms with Crippen molar-refractivity contribution in [3.8, 4) is 0 Å². The fourth-order valence-corrected chi connectivity index (χ4v) is 4.58. The van der Waals surface area contributed by atoms with E-state index >= 15 is 0 Å². The molecule has 1 aromatic carbocycles. The number of amides is 1. The number of anilines is 1. The zero-order chi connectivity index (χ0) is 21.1. The van der Waals surface area contributed by atoms with E-state index in [1.807, 2.05) is 50.8 Å². The number of halogens is 1. The molecule has 0 bridgehead atoms. The maximum absolute atomic E-state index is 12.5. The van der Waals surface area contributed by atoms with Gasteiger partial charge < -0.3 is 10.6 Å². The van der Waals surface area contributed by atoms with Gasteiger partial charge in [-0.3, -0.25) is 14.5 Å². The standard InChI is InChI=1S/C23H28ClN5O/c1-15-11-18(24)12-20-21(8-10-25-22(15)20)28-19-5-3-17(4-6-19)23(30)26-9-7-16-13-27-29(2)14-16/h8,10-14,17,19H,3-7,9H2,1-2H3,(H,25,28)(H,26,30). The number of carbonyl (C=O) groups excluding carboxylic acids is 1. The van der Waals surface area contributed by atoms with Gasteiger partial charge in [-0.25, -0.2) is 0 Å². The molecule has 30 heavy (non-hydrogen) atoms. The van der Waals surface area contributed by atoms with Crippen molar-refractivity contribution in [3.05, 3.63) is 52.9 Å². The zero-order valence-electron chi connectivity index (χ0n) is 17.5. The normalized spacial score (nSPS) is 19.0. The summed E-state index contributed by atoms with van der Waals surface area (Å²) in [7, 11) is 1.90. The third-order valence-electron chi connectivity index (χ3n) is 5.93. The van der Waals surface area contributed by atoms with E-state index in [0.717, 1.165) is 64.8 Å². The van der Waals surface area contributed by atoms with E-state index in [4.69, 9.17) is 11.6 Å². The highest BCUT2D eigenvalue weighted by Gasteiger charge is 2.26. The van der Waals surface area contributed by atoms with Crippen LogP contribution in [0.2, 0.25) is 5.02 Å². The Balaban J connectivity index is 1.29. The fourth-order valence-electron chi connectivity index (χ4n) is 4.31. The van der Waals surface area contributed by atoms with E-state index in [2.05, 4.69) is 20.7 Å². The summed E-state index contributed by atoms with van der Waals surface area (Å²) in [6.45, 7) is 2.69. The van der Waals surface area contributed by atoms with E-state index in [1.54, 1.807) is 4.68 Å². The van der Waals surface area contributed by atoms with Crippen LogP contribution in [0.5, 0.6) is 0 Å². The third-order valence-corrected chi connectivity index (χ3v) is 6.15. The largest absolute Gasteiger partial charge is 0.382 e. The summed E-state index contributed by atoms with van der Waals surface area (Å²) in [5.41, 5.74) is 4.26. The summed E-state index contributed by atoms with van der Waals surface area (Å²) in [6, 6.07) is 6.28. The molecule has 2 aromatic heterocycles. The number of hydrogen-bond acceptors (Lipinski definition) is 4. The van der Waals surface area contributed by atoms with Crippen LogP contribution >= 0.6 is 11.6 Å². The van der Waals surface area contributed by atoms with Crippen LogP contribution < -0.4 is 10.6 Å². The van der Waals surface area contributed by atoms with Gasteiger partial charge in [0.15, 0.2) is 0 Å². The molecule has 1 saturated carbocycles. The molecule has 0 saturated heterocycles. The lowest BCUT2D eigenvalue weighted by Gasteiger charge is -2.29. The zero-order valence-corrected chi connectivity index (χ0v) is 18.2. The minimum atomic E-state index is 0.0998. The van der Waals surface area contributed by atoms with Crippen molar-refractivity contribution >= 4 is 34.1 Å². The first-order valence-electron chi connectivity index (χ1n) is 10.6. The van der Waals surface area contributed by atoms with E-state index < -0.39 is 0 Å². The first-order chi connectivity index (χ1) is 14.5. The Morgan fingerprint density at radius 2 is 2.07 bits per heavy atom. The Kier molecular flexibility index (Phi) is 6.23. The van der Waals surface area contributed by atoms with Crippen molar-refractivity contribution in [1.29, 1.82) is 0 Å². The van der Waals surface area contributed by atoms with Gasteiger partial charge in [0.25, 0.3) is 0 Å². The molecule has 0 unspecified atom stereocenters. The number of pyridine rings is 1. The predicted octanol–water partition coefficient (Wildman–Crippen LogP) is 4.26. The highest BCUT2D eigenvalue weighted by Crippen LogP contribution is 2.31. The van der Waals surface area contributed by atoms with Crippen molar-refractivity contribution < 1.29 is 4.79 Å². The second kappa shape index (κ2) is 9.04.